The van der Waals surface area contributed by atoms with Gasteiger partial charge in [0.2, 0.25) is 5.95 Å². The normalized spacial score (nSPS) is 20.9. The van der Waals surface area contributed by atoms with Crippen LogP contribution in [0.2, 0.25) is 0 Å². The number of methoxy groups -OCH3 is 1. The van der Waals surface area contributed by atoms with Gasteiger partial charge in [-0.3, -0.25) is 14.9 Å². The summed E-state index contributed by atoms with van der Waals surface area (Å²) in [6.45, 7) is 11.4. The van der Waals surface area contributed by atoms with Crippen LogP contribution in [0.1, 0.15) is 24.8 Å². The van der Waals surface area contributed by atoms with E-state index in [2.05, 4.69) is 82.3 Å². The lowest BCUT2D eigenvalue weighted by atomic mass is 9.99. The molecule has 0 spiro atoms. The Morgan fingerprint density at radius 3 is 2.53 bits per heavy atom. The molecular formula is C34H43BrN9O2P. The van der Waals surface area contributed by atoms with E-state index in [1.165, 1.54) is 50.1 Å². The highest BCUT2D eigenvalue weighted by atomic mass is 79.9. The molecular weight excluding hydrogens is 677 g/mol. The predicted octanol–water partition coefficient (Wildman–Crippen LogP) is 5.84. The molecule has 0 saturated carbocycles. The molecule has 2 unspecified atom stereocenters. The van der Waals surface area contributed by atoms with Crippen LogP contribution >= 0.6 is 23.1 Å². The first kappa shape index (κ1) is 32.2. The Kier molecular flexibility index (Phi) is 8.89. The third kappa shape index (κ3) is 6.45. The van der Waals surface area contributed by atoms with Crippen molar-refractivity contribution < 1.29 is 9.30 Å². The van der Waals surface area contributed by atoms with E-state index < -0.39 is 7.14 Å². The van der Waals surface area contributed by atoms with Gasteiger partial charge in [0.1, 0.15) is 24.2 Å². The second-order valence-electron chi connectivity index (χ2n) is 13.5. The van der Waals surface area contributed by atoms with Gasteiger partial charge in [0.15, 0.2) is 0 Å². The summed E-state index contributed by atoms with van der Waals surface area (Å²) >= 11 is 3.59. The molecule has 0 aliphatic carbocycles. The number of aromatic nitrogens is 4. The molecule has 0 radical (unpaired) electrons. The first-order valence-corrected chi connectivity index (χ1v) is 19.7. The van der Waals surface area contributed by atoms with Gasteiger partial charge in [-0.2, -0.15) is 4.98 Å². The summed E-state index contributed by atoms with van der Waals surface area (Å²) in [6.07, 6.45) is 8.67. The molecule has 2 N–H and O–H groups in total. The largest absolute Gasteiger partial charge is 0.494 e. The average molecular weight is 721 g/mol. The van der Waals surface area contributed by atoms with Crippen LogP contribution in [0.15, 0.2) is 47.3 Å². The maximum atomic E-state index is 13.4. The molecule has 2 aromatic heterocycles. The van der Waals surface area contributed by atoms with E-state index in [1.54, 1.807) is 39.0 Å². The lowest BCUT2D eigenvalue weighted by Gasteiger charge is -2.40. The summed E-state index contributed by atoms with van der Waals surface area (Å²) in [6, 6.07) is 9.40. The Bertz CT molecular complexity index is 1840. The molecule has 3 fully saturated rings. The minimum absolute atomic E-state index is 0.404. The Labute approximate surface area is 285 Å². The van der Waals surface area contributed by atoms with Crippen LogP contribution in [0.5, 0.6) is 5.75 Å². The topological polar surface area (TPSA) is 112 Å². The number of rotatable bonds is 8. The van der Waals surface area contributed by atoms with Gasteiger partial charge in [-0.1, -0.05) is 0 Å². The molecule has 4 aromatic rings. The van der Waals surface area contributed by atoms with E-state index in [9.17, 15) is 4.57 Å². The number of nitrogens with one attached hydrogen (secondary N) is 2. The van der Waals surface area contributed by atoms with Crippen molar-refractivity contribution in [3.05, 3.63) is 52.9 Å². The van der Waals surface area contributed by atoms with Gasteiger partial charge >= 0.3 is 0 Å². The van der Waals surface area contributed by atoms with Gasteiger partial charge in [-0.15, -0.1) is 0 Å². The molecule has 2 aromatic carbocycles. The van der Waals surface area contributed by atoms with Gasteiger partial charge in [-0.05, 0) is 98.7 Å². The van der Waals surface area contributed by atoms with Crippen molar-refractivity contribution in [2.45, 2.75) is 38.3 Å². The average Bonchev–Trinajstić information content (AvgIpc) is 3.61. The third-order valence-corrected chi connectivity index (χ3v) is 12.1. The Morgan fingerprint density at radius 1 is 0.979 bits per heavy atom. The number of anilines is 5. The monoisotopic (exact) mass is 719 g/mol. The number of nitrogens with zero attached hydrogens (tertiary/aromatic N) is 7. The van der Waals surface area contributed by atoms with Gasteiger partial charge in [0.05, 0.1) is 33.8 Å². The fourth-order valence-electron chi connectivity index (χ4n) is 7.81. The first-order valence-electron chi connectivity index (χ1n) is 16.3. The van der Waals surface area contributed by atoms with Crippen LogP contribution in [-0.2, 0) is 4.57 Å². The highest BCUT2D eigenvalue weighted by Gasteiger charge is 2.43. The summed E-state index contributed by atoms with van der Waals surface area (Å²) in [7, 11) is 1.23. The predicted molar refractivity (Wildman–Crippen MR) is 194 cm³/mol. The molecule has 11 nitrogen and oxygen atoms in total. The van der Waals surface area contributed by atoms with Gasteiger partial charge < -0.3 is 29.7 Å². The molecule has 0 amide bonds. The number of aryl methyl sites for hydroxylation is 1. The van der Waals surface area contributed by atoms with Crippen molar-refractivity contribution in [3.63, 3.8) is 0 Å². The van der Waals surface area contributed by atoms with E-state index in [-0.39, 0.29) is 0 Å². The molecule has 47 heavy (non-hydrogen) atoms. The SMILES string of the molecule is COc1cc(N2CCC(N3CCC4CN(C)CC43)CC2)c(C)cc1Nc1ncc(Br)c(Nc2ccc3nccnc3c2P(C)(C)=O)n1. The van der Waals surface area contributed by atoms with E-state index in [0.717, 1.165) is 36.5 Å². The zero-order valence-corrected chi connectivity index (χ0v) is 30.2. The number of piperidine rings is 1. The van der Waals surface area contributed by atoms with Crippen molar-refractivity contribution in [3.8, 4) is 5.75 Å². The fraction of sp³-hybridized carbons (Fsp3) is 0.471. The summed E-state index contributed by atoms with van der Waals surface area (Å²) in [5.74, 6) is 2.52. The number of likely N-dealkylation sites (N-methyl/N-ethyl adjacent to an activating group) is 1. The van der Waals surface area contributed by atoms with Crippen molar-refractivity contribution in [2.75, 3.05) is 75.7 Å². The molecule has 248 valence electrons. The van der Waals surface area contributed by atoms with Gasteiger partial charge in [0.25, 0.3) is 0 Å². The molecule has 3 aliphatic heterocycles. The van der Waals surface area contributed by atoms with E-state index in [4.69, 9.17) is 9.72 Å². The standard InChI is InChI=1S/C34H43BrN9O2P/c1-21-16-27(30(46-3)17-28(21)43-13-9-23(10-14-43)44-15-8-22-19-42(2)20-29(22)44)40-34-38-18-24(35)33(41-34)39-26-7-6-25-31(37-12-11-36-25)32(26)47(4,5)45/h6-7,11-12,16-18,22-23,29H,8-10,13-15,19-20H2,1-5H3,(H2,38,39,40,41). The number of likely N-dealkylation sites (tertiary alicyclic amines) is 2. The summed E-state index contributed by atoms with van der Waals surface area (Å²) in [4.78, 5) is 26.0. The van der Waals surface area contributed by atoms with Gasteiger partial charge in [0, 0.05) is 68.6 Å². The summed E-state index contributed by atoms with van der Waals surface area (Å²) in [5.41, 5.74) is 5.14. The number of fused-ring (bicyclic) bond motifs is 2. The van der Waals surface area contributed by atoms with E-state index >= 15 is 0 Å². The quantitative estimate of drug-likeness (QED) is 0.214. The van der Waals surface area contributed by atoms with Crippen molar-refractivity contribution in [1.29, 1.82) is 0 Å². The Balaban J connectivity index is 1.08. The second kappa shape index (κ2) is 13.0. The fourth-order valence-corrected chi connectivity index (χ4v) is 9.50. The van der Waals surface area contributed by atoms with E-state index in [1.807, 2.05) is 12.1 Å². The highest BCUT2D eigenvalue weighted by molar-refractivity contribution is 9.10. The Morgan fingerprint density at radius 2 is 1.77 bits per heavy atom. The van der Waals surface area contributed by atoms with Crippen LogP contribution < -0.4 is 25.6 Å². The summed E-state index contributed by atoms with van der Waals surface area (Å²) in [5, 5.41) is 7.39. The van der Waals surface area contributed by atoms with Crippen LogP contribution in [0, 0.1) is 12.8 Å². The molecule has 5 heterocycles. The lowest BCUT2D eigenvalue weighted by molar-refractivity contribution is 0.146. The maximum Gasteiger partial charge on any atom is 0.229 e. The molecule has 0 bridgehead atoms. The number of benzene rings is 2. The lowest BCUT2D eigenvalue weighted by Crippen LogP contribution is -2.48. The van der Waals surface area contributed by atoms with Crippen LogP contribution in [0.3, 0.4) is 0 Å². The maximum absolute atomic E-state index is 13.4. The minimum Gasteiger partial charge on any atom is -0.494 e. The van der Waals surface area contributed by atoms with Gasteiger partial charge in [-0.25, -0.2) is 4.98 Å². The van der Waals surface area contributed by atoms with Crippen LogP contribution in [0.4, 0.5) is 28.8 Å². The third-order valence-electron chi connectivity index (χ3n) is 9.96. The molecule has 2 atom stereocenters. The molecule has 13 heteroatoms. The molecule has 3 saturated heterocycles. The smallest absolute Gasteiger partial charge is 0.229 e. The van der Waals surface area contributed by atoms with E-state index in [0.29, 0.717) is 44.3 Å². The zero-order chi connectivity index (χ0) is 32.9. The number of halogens is 1. The molecule has 7 rings (SSSR count). The first-order chi connectivity index (χ1) is 22.6. The Hall–Kier alpha value is -3.31. The number of hydrogen-bond acceptors (Lipinski definition) is 11. The zero-order valence-electron chi connectivity index (χ0n) is 27.7. The highest BCUT2D eigenvalue weighted by Crippen LogP contribution is 2.42. The second-order valence-corrected chi connectivity index (χ2v) is 17.5. The number of ether oxygens (including phenoxy) is 1. The van der Waals surface area contributed by atoms with Crippen molar-refractivity contribution >= 4 is 68.2 Å². The van der Waals surface area contributed by atoms with Crippen LogP contribution in [0.25, 0.3) is 11.0 Å². The van der Waals surface area contributed by atoms with Crippen molar-refractivity contribution in [2.24, 2.45) is 5.92 Å². The van der Waals surface area contributed by atoms with Crippen LogP contribution in [-0.4, -0.2) is 102 Å². The summed E-state index contributed by atoms with van der Waals surface area (Å²) < 4.78 is 20.0. The van der Waals surface area contributed by atoms with Crippen molar-refractivity contribution in [1.82, 2.24) is 29.7 Å². The molecule has 3 aliphatic rings. The number of hydrogen-bond donors (Lipinski definition) is 2. The minimum atomic E-state index is -2.73.